The van der Waals surface area contributed by atoms with Crippen molar-refractivity contribution in [3.63, 3.8) is 0 Å². The third-order valence-corrected chi connectivity index (χ3v) is 2.82. The molecule has 0 aliphatic carbocycles. The fraction of sp³-hybridized carbons (Fsp3) is 0.333. The maximum absolute atomic E-state index is 11.9. The van der Waals surface area contributed by atoms with Crippen LogP contribution in [0.1, 0.15) is 29.0 Å². The van der Waals surface area contributed by atoms with Crippen molar-refractivity contribution in [3.05, 3.63) is 35.9 Å². The van der Waals surface area contributed by atoms with Crippen LogP contribution in [0.2, 0.25) is 0 Å². The van der Waals surface area contributed by atoms with Gasteiger partial charge in [0, 0.05) is 19.4 Å². The predicted octanol–water partition coefficient (Wildman–Crippen LogP) is 0.192. The standard InChI is InChI=1S/C12H15N5O3/c1-8(12(19)20)17-7-9(5-14-17)11(18)13-6-10-3-4-16(2)15-10/h3-5,7-8H,6H2,1-2H3,(H,13,18)(H,19,20). The lowest BCUT2D eigenvalue weighted by molar-refractivity contribution is -0.140. The van der Waals surface area contributed by atoms with Crippen molar-refractivity contribution >= 4 is 11.9 Å². The average molecular weight is 277 g/mol. The highest BCUT2D eigenvalue weighted by atomic mass is 16.4. The molecular formula is C12H15N5O3. The lowest BCUT2D eigenvalue weighted by Gasteiger charge is -2.05. The Balaban J connectivity index is 1.97. The summed E-state index contributed by atoms with van der Waals surface area (Å²) in [6.07, 6.45) is 4.54. The van der Waals surface area contributed by atoms with E-state index in [4.69, 9.17) is 5.11 Å². The fourth-order valence-electron chi connectivity index (χ4n) is 1.61. The lowest BCUT2D eigenvalue weighted by Crippen LogP contribution is -2.23. The second-order valence-electron chi connectivity index (χ2n) is 4.39. The Labute approximate surface area is 115 Å². The van der Waals surface area contributed by atoms with E-state index in [1.807, 2.05) is 0 Å². The molecule has 2 aromatic heterocycles. The van der Waals surface area contributed by atoms with Gasteiger partial charge in [-0.05, 0) is 13.0 Å². The maximum atomic E-state index is 11.9. The molecular weight excluding hydrogens is 262 g/mol. The van der Waals surface area contributed by atoms with Gasteiger partial charge < -0.3 is 10.4 Å². The van der Waals surface area contributed by atoms with E-state index in [1.54, 1.807) is 24.0 Å². The summed E-state index contributed by atoms with van der Waals surface area (Å²) >= 11 is 0. The number of hydrogen-bond donors (Lipinski definition) is 2. The summed E-state index contributed by atoms with van der Waals surface area (Å²) in [6, 6.07) is 0.989. The molecule has 2 rings (SSSR count). The van der Waals surface area contributed by atoms with Gasteiger partial charge in [0.2, 0.25) is 0 Å². The largest absolute Gasteiger partial charge is 0.480 e. The highest BCUT2D eigenvalue weighted by Crippen LogP contribution is 2.07. The predicted molar refractivity (Wildman–Crippen MR) is 69.0 cm³/mol. The number of hydrogen-bond acceptors (Lipinski definition) is 4. The van der Waals surface area contributed by atoms with Crippen LogP contribution in [0.3, 0.4) is 0 Å². The second-order valence-corrected chi connectivity index (χ2v) is 4.39. The van der Waals surface area contributed by atoms with Crippen molar-refractivity contribution in [1.82, 2.24) is 24.9 Å². The molecule has 0 radical (unpaired) electrons. The van der Waals surface area contributed by atoms with Crippen LogP contribution in [0.25, 0.3) is 0 Å². The summed E-state index contributed by atoms with van der Waals surface area (Å²) in [6.45, 7) is 1.80. The molecule has 2 N–H and O–H groups in total. The summed E-state index contributed by atoms with van der Waals surface area (Å²) in [7, 11) is 1.79. The first-order valence-electron chi connectivity index (χ1n) is 6.01. The van der Waals surface area contributed by atoms with Gasteiger partial charge in [-0.1, -0.05) is 0 Å². The van der Waals surface area contributed by atoms with Crippen LogP contribution < -0.4 is 5.32 Å². The van der Waals surface area contributed by atoms with E-state index in [9.17, 15) is 9.59 Å². The van der Waals surface area contributed by atoms with E-state index in [0.717, 1.165) is 5.69 Å². The molecule has 0 saturated carbocycles. The molecule has 106 valence electrons. The summed E-state index contributed by atoms with van der Waals surface area (Å²) in [5.41, 5.74) is 1.06. The quantitative estimate of drug-likeness (QED) is 0.812. The Kier molecular flexibility index (Phi) is 3.83. The molecule has 2 heterocycles. The van der Waals surface area contributed by atoms with Crippen molar-refractivity contribution in [1.29, 1.82) is 0 Å². The molecule has 0 aliphatic heterocycles. The van der Waals surface area contributed by atoms with Gasteiger partial charge in [-0.15, -0.1) is 0 Å². The van der Waals surface area contributed by atoms with E-state index in [1.165, 1.54) is 24.0 Å². The van der Waals surface area contributed by atoms with Crippen LogP contribution in [0.5, 0.6) is 0 Å². The molecule has 1 amide bonds. The third kappa shape index (κ3) is 3.02. The number of carbonyl (C=O) groups excluding carboxylic acids is 1. The number of nitrogens with one attached hydrogen (secondary N) is 1. The normalized spacial score (nSPS) is 12.1. The number of aromatic nitrogens is 4. The summed E-state index contributed by atoms with van der Waals surface area (Å²) < 4.78 is 2.88. The van der Waals surface area contributed by atoms with Gasteiger partial charge in [0.15, 0.2) is 0 Å². The van der Waals surface area contributed by atoms with E-state index >= 15 is 0 Å². The molecule has 0 aromatic carbocycles. The van der Waals surface area contributed by atoms with E-state index in [-0.39, 0.29) is 5.91 Å². The van der Waals surface area contributed by atoms with Crippen LogP contribution in [0, 0.1) is 0 Å². The zero-order chi connectivity index (χ0) is 14.7. The van der Waals surface area contributed by atoms with Crippen LogP contribution >= 0.6 is 0 Å². The Morgan fingerprint density at radius 1 is 1.50 bits per heavy atom. The topological polar surface area (TPSA) is 102 Å². The van der Waals surface area contributed by atoms with Gasteiger partial charge in [-0.2, -0.15) is 10.2 Å². The van der Waals surface area contributed by atoms with Gasteiger partial charge in [0.05, 0.1) is 24.0 Å². The number of amides is 1. The highest BCUT2D eigenvalue weighted by Gasteiger charge is 2.16. The van der Waals surface area contributed by atoms with E-state index < -0.39 is 12.0 Å². The van der Waals surface area contributed by atoms with E-state index in [2.05, 4.69) is 15.5 Å². The van der Waals surface area contributed by atoms with Crippen molar-refractivity contribution < 1.29 is 14.7 Å². The minimum atomic E-state index is -1.01. The number of nitrogens with zero attached hydrogens (tertiary/aromatic N) is 4. The fourth-order valence-corrected chi connectivity index (χ4v) is 1.61. The van der Waals surface area contributed by atoms with Crippen LogP contribution in [0.15, 0.2) is 24.7 Å². The first-order valence-corrected chi connectivity index (χ1v) is 6.01. The maximum Gasteiger partial charge on any atom is 0.328 e. The highest BCUT2D eigenvalue weighted by molar-refractivity contribution is 5.93. The molecule has 0 bridgehead atoms. The molecule has 0 saturated heterocycles. The summed E-state index contributed by atoms with van der Waals surface area (Å²) in [5.74, 6) is -1.33. The molecule has 1 atom stereocenters. The smallest absolute Gasteiger partial charge is 0.328 e. The number of carbonyl (C=O) groups is 2. The molecule has 0 fully saturated rings. The Bertz CT molecular complexity index is 631. The number of aryl methyl sites for hydroxylation is 1. The monoisotopic (exact) mass is 277 g/mol. The van der Waals surface area contributed by atoms with Crippen molar-refractivity contribution in [2.75, 3.05) is 0 Å². The van der Waals surface area contributed by atoms with Gasteiger partial charge in [0.1, 0.15) is 6.04 Å². The van der Waals surface area contributed by atoms with Crippen LogP contribution in [-0.4, -0.2) is 36.5 Å². The molecule has 8 heteroatoms. The number of rotatable bonds is 5. The average Bonchev–Trinajstić information content (AvgIpc) is 3.03. The molecule has 20 heavy (non-hydrogen) atoms. The lowest BCUT2D eigenvalue weighted by atomic mass is 10.3. The van der Waals surface area contributed by atoms with Gasteiger partial charge in [0.25, 0.3) is 5.91 Å². The number of carboxylic acid groups (broad SMARTS) is 1. The van der Waals surface area contributed by atoms with Crippen molar-refractivity contribution in [2.24, 2.45) is 7.05 Å². The minimum absolute atomic E-state index is 0.305. The Morgan fingerprint density at radius 3 is 2.85 bits per heavy atom. The van der Waals surface area contributed by atoms with Gasteiger partial charge >= 0.3 is 5.97 Å². The summed E-state index contributed by atoms with van der Waals surface area (Å²) in [4.78, 5) is 22.7. The Morgan fingerprint density at radius 2 is 2.25 bits per heavy atom. The van der Waals surface area contributed by atoms with E-state index in [0.29, 0.717) is 12.1 Å². The molecule has 1 unspecified atom stereocenters. The molecule has 0 aliphatic rings. The third-order valence-electron chi connectivity index (χ3n) is 2.82. The Hall–Kier alpha value is -2.64. The molecule has 8 nitrogen and oxygen atoms in total. The number of aliphatic carboxylic acids is 1. The first-order chi connectivity index (χ1) is 9.47. The first kappa shape index (κ1) is 13.8. The zero-order valence-corrected chi connectivity index (χ0v) is 11.1. The SMILES string of the molecule is CC(C(=O)O)n1cc(C(=O)NCc2ccn(C)n2)cn1. The van der Waals surface area contributed by atoms with Gasteiger partial charge in [-0.25, -0.2) is 4.79 Å². The van der Waals surface area contributed by atoms with Crippen molar-refractivity contribution in [2.45, 2.75) is 19.5 Å². The second kappa shape index (κ2) is 5.55. The molecule has 0 spiro atoms. The molecule has 2 aromatic rings. The van der Waals surface area contributed by atoms with Crippen molar-refractivity contribution in [3.8, 4) is 0 Å². The zero-order valence-electron chi connectivity index (χ0n) is 11.1. The number of carboxylic acids is 1. The summed E-state index contributed by atoms with van der Waals surface area (Å²) in [5, 5.41) is 19.6. The van der Waals surface area contributed by atoms with Gasteiger partial charge in [-0.3, -0.25) is 14.2 Å². The van der Waals surface area contributed by atoms with Crippen LogP contribution in [-0.2, 0) is 18.4 Å². The van der Waals surface area contributed by atoms with Crippen LogP contribution in [0.4, 0.5) is 0 Å². The minimum Gasteiger partial charge on any atom is -0.480 e.